The van der Waals surface area contributed by atoms with Crippen molar-refractivity contribution in [2.24, 2.45) is 5.92 Å². The summed E-state index contributed by atoms with van der Waals surface area (Å²) in [5, 5.41) is 0. The van der Waals surface area contributed by atoms with Crippen LogP contribution in [0.1, 0.15) is 50.0 Å². The maximum absolute atomic E-state index is 14.4. The number of alkyl halides is 1. The first-order chi connectivity index (χ1) is 8.03. The van der Waals surface area contributed by atoms with Gasteiger partial charge in [-0.15, -0.1) is 0 Å². The Hall–Kier alpha value is -1.18. The molecule has 0 fully saturated rings. The lowest BCUT2D eigenvalue weighted by Gasteiger charge is -2.19. The highest BCUT2D eigenvalue weighted by Crippen LogP contribution is 2.37. The lowest BCUT2D eigenvalue weighted by Crippen LogP contribution is -2.32. The second kappa shape index (κ2) is 5.44. The Labute approximate surface area is 103 Å². The summed E-state index contributed by atoms with van der Waals surface area (Å²) >= 11 is 0. The monoisotopic (exact) mass is 236 g/mol. The largest absolute Gasteiger partial charge is 0.291 e. The van der Waals surface area contributed by atoms with E-state index in [-0.39, 0.29) is 18.1 Å². The number of rotatable bonds is 2. The van der Waals surface area contributed by atoms with E-state index in [1.807, 2.05) is 39.8 Å². The van der Waals surface area contributed by atoms with Crippen LogP contribution < -0.4 is 0 Å². The molecular weight excluding hydrogens is 215 g/mol. The van der Waals surface area contributed by atoms with Gasteiger partial charge in [0.2, 0.25) is 5.78 Å². The minimum Gasteiger partial charge on any atom is -0.291 e. The van der Waals surface area contributed by atoms with Gasteiger partial charge in [0.1, 0.15) is 0 Å². The quantitative estimate of drug-likeness (QED) is 0.752. The molecule has 0 saturated carbocycles. The van der Waals surface area contributed by atoms with Crippen LogP contribution in [0.25, 0.3) is 0 Å². The van der Waals surface area contributed by atoms with Crippen molar-refractivity contribution in [1.82, 2.24) is 0 Å². The molecule has 1 atom stereocenters. The molecule has 17 heavy (non-hydrogen) atoms. The van der Waals surface area contributed by atoms with Crippen LogP contribution in [0.5, 0.6) is 0 Å². The number of benzene rings is 1. The molecule has 0 spiro atoms. The average molecular weight is 236 g/mol. The summed E-state index contributed by atoms with van der Waals surface area (Å²) in [7, 11) is 0. The van der Waals surface area contributed by atoms with Crippen LogP contribution in [0.4, 0.5) is 4.39 Å². The summed E-state index contributed by atoms with van der Waals surface area (Å²) in [6.45, 7) is 7.88. The molecule has 0 aromatic heterocycles. The maximum Gasteiger partial charge on any atom is 0.200 e. The number of ketones is 1. The molecule has 1 unspecified atom stereocenters. The number of Topliss-reactive ketones (excluding diaryl/α,β-unsaturated/α-hetero) is 1. The summed E-state index contributed by atoms with van der Waals surface area (Å²) < 4.78 is 14.4. The smallest absolute Gasteiger partial charge is 0.200 e. The number of halogens is 1. The Morgan fingerprint density at radius 3 is 2.41 bits per heavy atom. The Balaban J connectivity index is 0.000000686. The first-order valence-electron chi connectivity index (χ1n) is 6.34. The summed E-state index contributed by atoms with van der Waals surface area (Å²) in [6, 6.07) is 7.21. The fourth-order valence-corrected chi connectivity index (χ4v) is 2.33. The molecule has 1 aliphatic carbocycles. The predicted octanol–water partition coefficient (Wildman–Crippen LogP) is 4.21. The maximum atomic E-state index is 14.4. The van der Waals surface area contributed by atoms with Crippen LogP contribution in [0.2, 0.25) is 0 Å². The molecule has 2 heteroatoms. The zero-order valence-electron chi connectivity index (χ0n) is 11.1. The summed E-state index contributed by atoms with van der Waals surface area (Å²) in [5.41, 5.74) is -0.232. The van der Waals surface area contributed by atoms with Crippen molar-refractivity contribution < 1.29 is 9.18 Å². The minimum absolute atomic E-state index is 0.202. The van der Waals surface area contributed by atoms with Crippen LogP contribution in [0, 0.1) is 5.92 Å². The van der Waals surface area contributed by atoms with Crippen molar-refractivity contribution in [3.8, 4) is 0 Å². The molecule has 2 rings (SSSR count). The van der Waals surface area contributed by atoms with Gasteiger partial charge < -0.3 is 0 Å². The van der Waals surface area contributed by atoms with Crippen molar-refractivity contribution in [1.29, 1.82) is 0 Å². The Morgan fingerprint density at radius 2 is 1.88 bits per heavy atom. The highest BCUT2D eigenvalue weighted by Gasteiger charge is 2.45. The molecule has 0 N–H and O–H groups in total. The number of carbonyl (C=O) groups is 1. The Bertz CT molecular complexity index is 398. The van der Waals surface area contributed by atoms with Crippen LogP contribution in [-0.4, -0.2) is 11.5 Å². The van der Waals surface area contributed by atoms with Gasteiger partial charge in [-0.3, -0.25) is 4.79 Å². The Kier molecular flexibility index (Phi) is 4.44. The summed E-state index contributed by atoms with van der Waals surface area (Å²) in [4.78, 5) is 11.9. The van der Waals surface area contributed by atoms with Crippen LogP contribution in [0.3, 0.4) is 0 Å². The van der Waals surface area contributed by atoms with E-state index < -0.39 is 5.67 Å². The molecule has 0 saturated heterocycles. The third-order valence-corrected chi connectivity index (χ3v) is 2.87. The molecule has 0 radical (unpaired) electrons. The zero-order chi connectivity index (χ0) is 13.1. The standard InChI is InChI=1S/C13H15FO.C2H6/c1-9(2)7-13(14)8-10-5-3-4-6-11(10)12(13)15;1-2/h3-6,9H,7-8H2,1-2H3;1-2H3. The molecule has 1 aromatic carbocycles. The van der Waals surface area contributed by atoms with Gasteiger partial charge in [0.05, 0.1) is 0 Å². The molecule has 0 heterocycles. The SMILES string of the molecule is CC.CC(C)CC1(F)Cc2ccccc2C1=O. The van der Waals surface area contributed by atoms with Gasteiger partial charge in [0.15, 0.2) is 5.67 Å². The number of hydrogen-bond acceptors (Lipinski definition) is 1. The summed E-state index contributed by atoms with van der Waals surface area (Å²) in [6.07, 6.45) is 0.570. The van der Waals surface area contributed by atoms with Crippen molar-refractivity contribution in [2.45, 2.75) is 46.2 Å². The highest BCUT2D eigenvalue weighted by atomic mass is 19.1. The van der Waals surface area contributed by atoms with E-state index in [1.165, 1.54) is 0 Å². The predicted molar refractivity (Wildman–Crippen MR) is 69.1 cm³/mol. The molecule has 0 aliphatic heterocycles. The zero-order valence-corrected chi connectivity index (χ0v) is 11.1. The normalized spacial score (nSPS) is 22.1. The topological polar surface area (TPSA) is 17.1 Å². The lowest BCUT2D eigenvalue weighted by molar-refractivity contribution is 0.0665. The highest BCUT2D eigenvalue weighted by molar-refractivity contribution is 6.06. The summed E-state index contributed by atoms with van der Waals surface area (Å²) in [5.74, 6) is -0.125. The van der Waals surface area contributed by atoms with E-state index in [9.17, 15) is 9.18 Å². The molecule has 1 nitrogen and oxygen atoms in total. The van der Waals surface area contributed by atoms with Crippen molar-refractivity contribution in [2.75, 3.05) is 0 Å². The van der Waals surface area contributed by atoms with Gasteiger partial charge in [-0.1, -0.05) is 52.0 Å². The first-order valence-corrected chi connectivity index (χ1v) is 6.34. The van der Waals surface area contributed by atoms with Gasteiger partial charge in [-0.05, 0) is 17.9 Å². The van der Waals surface area contributed by atoms with Gasteiger partial charge in [-0.25, -0.2) is 4.39 Å². The van der Waals surface area contributed by atoms with Crippen LogP contribution in [-0.2, 0) is 6.42 Å². The molecule has 0 bridgehead atoms. The van der Waals surface area contributed by atoms with Gasteiger partial charge in [-0.2, -0.15) is 0 Å². The van der Waals surface area contributed by atoms with E-state index in [0.29, 0.717) is 12.0 Å². The number of fused-ring (bicyclic) bond motifs is 1. The van der Waals surface area contributed by atoms with E-state index >= 15 is 0 Å². The minimum atomic E-state index is -1.65. The second-order valence-electron chi connectivity index (χ2n) is 4.73. The second-order valence-corrected chi connectivity index (χ2v) is 4.73. The van der Waals surface area contributed by atoms with E-state index in [4.69, 9.17) is 0 Å². The van der Waals surface area contributed by atoms with E-state index in [0.717, 1.165) is 5.56 Å². The number of hydrogen-bond donors (Lipinski definition) is 0. The molecular formula is C15H21FO. The van der Waals surface area contributed by atoms with Crippen molar-refractivity contribution in [3.05, 3.63) is 35.4 Å². The van der Waals surface area contributed by atoms with E-state index in [2.05, 4.69) is 0 Å². The fourth-order valence-electron chi connectivity index (χ4n) is 2.33. The Morgan fingerprint density at radius 1 is 1.29 bits per heavy atom. The van der Waals surface area contributed by atoms with Gasteiger partial charge >= 0.3 is 0 Å². The fraction of sp³-hybridized carbons (Fsp3) is 0.533. The lowest BCUT2D eigenvalue weighted by atomic mass is 9.90. The number of carbonyl (C=O) groups excluding carboxylic acids is 1. The van der Waals surface area contributed by atoms with E-state index in [1.54, 1.807) is 12.1 Å². The molecule has 1 aromatic rings. The molecule has 0 amide bonds. The third kappa shape index (κ3) is 2.74. The van der Waals surface area contributed by atoms with Crippen LogP contribution in [0.15, 0.2) is 24.3 Å². The van der Waals surface area contributed by atoms with Crippen molar-refractivity contribution >= 4 is 5.78 Å². The van der Waals surface area contributed by atoms with Gasteiger partial charge in [0, 0.05) is 12.0 Å². The molecule has 94 valence electrons. The van der Waals surface area contributed by atoms with Crippen molar-refractivity contribution in [3.63, 3.8) is 0 Å². The first kappa shape index (κ1) is 13.9. The van der Waals surface area contributed by atoms with Gasteiger partial charge in [0.25, 0.3) is 0 Å². The third-order valence-electron chi connectivity index (χ3n) is 2.87. The van der Waals surface area contributed by atoms with Crippen LogP contribution >= 0.6 is 0 Å². The molecule has 1 aliphatic rings. The average Bonchev–Trinajstić information content (AvgIpc) is 2.53.